The van der Waals surface area contributed by atoms with Gasteiger partial charge < -0.3 is 9.88 Å². The standard InChI is InChI=1S/C13H15BrN2/c1-8-13(9-6-16(2)7-9)11-4-3-10(14)5-12(11)15-8/h3-5,9,15H,6-7H2,1-2H3. The quantitative estimate of drug-likeness (QED) is 0.849. The smallest absolute Gasteiger partial charge is 0.0470 e. The van der Waals surface area contributed by atoms with E-state index in [2.05, 4.69) is 58.0 Å². The Kier molecular flexibility index (Phi) is 2.33. The maximum Gasteiger partial charge on any atom is 0.0470 e. The molecule has 0 aliphatic carbocycles. The molecule has 1 saturated heterocycles. The SMILES string of the molecule is Cc1[nH]c2cc(Br)ccc2c1C1CN(C)C1. The Morgan fingerprint density at radius 3 is 2.81 bits per heavy atom. The third-order valence-corrected chi connectivity index (χ3v) is 3.96. The van der Waals surface area contributed by atoms with Crippen molar-refractivity contribution in [2.75, 3.05) is 20.1 Å². The number of aryl methyl sites for hydroxylation is 1. The zero-order valence-corrected chi connectivity index (χ0v) is 11.1. The highest BCUT2D eigenvalue weighted by Crippen LogP contribution is 2.35. The van der Waals surface area contributed by atoms with Crippen LogP contribution in [0, 0.1) is 6.92 Å². The van der Waals surface area contributed by atoms with Crippen molar-refractivity contribution in [1.29, 1.82) is 0 Å². The molecule has 1 aliphatic heterocycles. The van der Waals surface area contributed by atoms with E-state index in [1.54, 1.807) is 0 Å². The first kappa shape index (κ1) is 10.4. The van der Waals surface area contributed by atoms with Gasteiger partial charge in [0.05, 0.1) is 0 Å². The first-order chi connectivity index (χ1) is 7.65. The van der Waals surface area contributed by atoms with Crippen molar-refractivity contribution in [3.8, 4) is 0 Å². The van der Waals surface area contributed by atoms with Crippen molar-refractivity contribution in [2.45, 2.75) is 12.8 Å². The molecular formula is C13H15BrN2. The monoisotopic (exact) mass is 278 g/mol. The Morgan fingerprint density at radius 1 is 1.38 bits per heavy atom. The molecule has 16 heavy (non-hydrogen) atoms. The first-order valence-electron chi connectivity index (χ1n) is 5.61. The van der Waals surface area contributed by atoms with Crippen LogP contribution in [-0.4, -0.2) is 30.0 Å². The van der Waals surface area contributed by atoms with Gasteiger partial charge in [0.15, 0.2) is 0 Å². The Balaban J connectivity index is 2.13. The number of nitrogens with one attached hydrogen (secondary N) is 1. The lowest BCUT2D eigenvalue weighted by Crippen LogP contribution is -2.41. The molecule has 2 aromatic rings. The van der Waals surface area contributed by atoms with Gasteiger partial charge in [-0.3, -0.25) is 0 Å². The average molecular weight is 279 g/mol. The summed E-state index contributed by atoms with van der Waals surface area (Å²) < 4.78 is 1.14. The summed E-state index contributed by atoms with van der Waals surface area (Å²) in [6.45, 7) is 4.55. The molecule has 0 saturated carbocycles. The summed E-state index contributed by atoms with van der Waals surface area (Å²) in [5, 5.41) is 1.39. The van der Waals surface area contributed by atoms with Crippen LogP contribution in [0.3, 0.4) is 0 Å². The fourth-order valence-electron chi connectivity index (χ4n) is 2.73. The number of fused-ring (bicyclic) bond motifs is 1. The van der Waals surface area contributed by atoms with Crippen LogP contribution in [0.1, 0.15) is 17.2 Å². The summed E-state index contributed by atoms with van der Waals surface area (Å²) in [7, 11) is 2.18. The second kappa shape index (κ2) is 3.60. The molecule has 3 rings (SSSR count). The number of hydrogen-bond acceptors (Lipinski definition) is 1. The largest absolute Gasteiger partial charge is 0.358 e. The van der Waals surface area contributed by atoms with E-state index in [0.29, 0.717) is 5.92 Å². The Bertz CT molecular complexity index is 538. The van der Waals surface area contributed by atoms with E-state index in [-0.39, 0.29) is 0 Å². The minimum absolute atomic E-state index is 0.708. The number of hydrogen-bond donors (Lipinski definition) is 1. The van der Waals surface area contributed by atoms with Crippen LogP contribution in [-0.2, 0) is 0 Å². The van der Waals surface area contributed by atoms with Crippen LogP contribution in [0.5, 0.6) is 0 Å². The van der Waals surface area contributed by atoms with Gasteiger partial charge in [0.1, 0.15) is 0 Å². The zero-order valence-electron chi connectivity index (χ0n) is 9.55. The number of likely N-dealkylation sites (tertiary alicyclic amines) is 1. The number of halogens is 1. The van der Waals surface area contributed by atoms with Crippen molar-refractivity contribution in [2.24, 2.45) is 0 Å². The molecule has 2 nitrogen and oxygen atoms in total. The minimum Gasteiger partial charge on any atom is -0.358 e. The molecule has 0 bridgehead atoms. The number of rotatable bonds is 1. The summed E-state index contributed by atoms with van der Waals surface area (Å²) in [4.78, 5) is 5.85. The highest BCUT2D eigenvalue weighted by atomic mass is 79.9. The average Bonchev–Trinajstić information content (AvgIpc) is 2.48. The number of likely N-dealkylation sites (N-methyl/N-ethyl adjacent to an activating group) is 1. The van der Waals surface area contributed by atoms with E-state index in [0.717, 1.165) is 4.47 Å². The van der Waals surface area contributed by atoms with Crippen molar-refractivity contribution < 1.29 is 0 Å². The lowest BCUT2D eigenvalue weighted by atomic mass is 9.90. The van der Waals surface area contributed by atoms with Crippen LogP contribution in [0.25, 0.3) is 10.9 Å². The molecule has 0 amide bonds. The molecule has 0 spiro atoms. The fraction of sp³-hybridized carbons (Fsp3) is 0.385. The van der Waals surface area contributed by atoms with Crippen LogP contribution < -0.4 is 0 Å². The van der Waals surface area contributed by atoms with Crippen LogP contribution >= 0.6 is 15.9 Å². The summed E-state index contributed by atoms with van der Waals surface area (Å²) in [5.41, 5.74) is 4.09. The molecule has 0 radical (unpaired) electrons. The van der Waals surface area contributed by atoms with Gasteiger partial charge in [0.2, 0.25) is 0 Å². The molecule has 1 aromatic carbocycles. The number of benzene rings is 1. The highest BCUT2D eigenvalue weighted by Gasteiger charge is 2.28. The van der Waals surface area contributed by atoms with Gasteiger partial charge in [-0.25, -0.2) is 0 Å². The molecule has 0 atom stereocenters. The van der Waals surface area contributed by atoms with Crippen LogP contribution in [0.2, 0.25) is 0 Å². The molecule has 84 valence electrons. The molecule has 1 aromatic heterocycles. The van der Waals surface area contributed by atoms with Crippen molar-refractivity contribution in [1.82, 2.24) is 9.88 Å². The normalized spacial score (nSPS) is 17.9. The van der Waals surface area contributed by atoms with Gasteiger partial charge in [-0.2, -0.15) is 0 Å². The van der Waals surface area contributed by atoms with Gasteiger partial charge in [-0.1, -0.05) is 22.0 Å². The van der Waals surface area contributed by atoms with E-state index in [9.17, 15) is 0 Å². The van der Waals surface area contributed by atoms with Gasteiger partial charge in [-0.05, 0) is 31.7 Å². The lowest BCUT2D eigenvalue weighted by Gasteiger charge is -2.36. The molecule has 3 heteroatoms. The van der Waals surface area contributed by atoms with Crippen LogP contribution in [0.15, 0.2) is 22.7 Å². The molecule has 1 aliphatic rings. The van der Waals surface area contributed by atoms with Crippen molar-refractivity contribution >= 4 is 26.8 Å². The van der Waals surface area contributed by atoms with E-state index in [1.165, 1.54) is 35.2 Å². The van der Waals surface area contributed by atoms with E-state index < -0.39 is 0 Å². The fourth-order valence-corrected chi connectivity index (χ4v) is 3.09. The van der Waals surface area contributed by atoms with Crippen molar-refractivity contribution in [3.05, 3.63) is 33.9 Å². The third kappa shape index (κ3) is 1.50. The topological polar surface area (TPSA) is 19.0 Å². The number of aromatic amines is 1. The summed E-state index contributed by atoms with van der Waals surface area (Å²) in [6.07, 6.45) is 0. The molecule has 1 fully saturated rings. The predicted octanol–water partition coefficient (Wildman–Crippen LogP) is 3.27. The Hall–Kier alpha value is -0.800. The Labute approximate surface area is 104 Å². The van der Waals surface area contributed by atoms with E-state index >= 15 is 0 Å². The maximum absolute atomic E-state index is 3.52. The summed E-state index contributed by atoms with van der Waals surface area (Å²) >= 11 is 3.52. The second-order valence-electron chi connectivity index (χ2n) is 4.77. The molecule has 1 N–H and O–H groups in total. The zero-order chi connectivity index (χ0) is 11.3. The predicted molar refractivity (Wildman–Crippen MR) is 71.0 cm³/mol. The van der Waals surface area contributed by atoms with E-state index in [4.69, 9.17) is 0 Å². The molecule has 2 heterocycles. The summed E-state index contributed by atoms with van der Waals surface area (Å²) in [5.74, 6) is 0.708. The second-order valence-corrected chi connectivity index (χ2v) is 5.69. The molecule has 0 unspecified atom stereocenters. The minimum atomic E-state index is 0.708. The summed E-state index contributed by atoms with van der Waals surface area (Å²) in [6, 6.07) is 6.51. The Morgan fingerprint density at radius 2 is 2.12 bits per heavy atom. The maximum atomic E-state index is 3.52. The van der Waals surface area contributed by atoms with Crippen LogP contribution in [0.4, 0.5) is 0 Å². The van der Waals surface area contributed by atoms with Gasteiger partial charge in [0.25, 0.3) is 0 Å². The number of nitrogens with zero attached hydrogens (tertiary/aromatic N) is 1. The lowest BCUT2D eigenvalue weighted by molar-refractivity contribution is 0.190. The van der Waals surface area contributed by atoms with E-state index in [1.807, 2.05) is 0 Å². The first-order valence-corrected chi connectivity index (χ1v) is 6.40. The van der Waals surface area contributed by atoms with Gasteiger partial charge in [0, 0.05) is 40.1 Å². The third-order valence-electron chi connectivity index (χ3n) is 3.47. The number of H-pyrrole nitrogens is 1. The highest BCUT2D eigenvalue weighted by molar-refractivity contribution is 9.10. The van der Waals surface area contributed by atoms with Gasteiger partial charge >= 0.3 is 0 Å². The van der Waals surface area contributed by atoms with Crippen molar-refractivity contribution in [3.63, 3.8) is 0 Å². The van der Waals surface area contributed by atoms with Gasteiger partial charge in [-0.15, -0.1) is 0 Å². The molecular weight excluding hydrogens is 264 g/mol. The number of aromatic nitrogens is 1.